The van der Waals surface area contributed by atoms with Crippen LogP contribution in [0.25, 0.3) is 20.8 Å². The highest BCUT2D eigenvalue weighted by atomic mass is 35.5. The van der Waals surface area contributed by atoms with Gasteiger partial charge in [0.2, 0.25) is 0 Å². The third kappa shape index (κ3) is 2.09. The lowest BCUT2D eigenvalue weighted by Gasteiger charge is -1.98. The van der Waals surface area contributed by atoms with Crippen LogP contribution in [0.4, 0.5) is 4.39 Å². The summed E-state index contributed by atoms with van der Waals surface area (Å²) < 4.78 is 13.9. The van der Waals surface area contributed by atoms with Crippen LogP contribution in [-0.4, -0.2) is 4.98 Å². The molecule has 1 aromatic heterocycles. The van der Waals surface area contributed by atoms with E-state index in [1.165, 1.54) is 23.5 Å². The first-order valence-corrected chi connectivity index (χ1v) is 6.72. The molecule has 0 radical (unpaired) electrons. The Morgan fingerprint density at radius 2 is 1.83 bits per heavy atom. The number of rotatable bonds is 1. The largest absolute Gasteiger partial charge is 0.236 e. The smallest absolute Gasteiger partial charge is 0.124 e. The molecule has 3 rings (SSSR count). The van der Waals surface area contributed by atoms with Gasteiger partial charge in [0.05, 0.1) is 20.3 Å². The Morgan fingerprint density at radius 1 is 1.00 bits per heavy atom. The second-order valence-electron chi connectivity index (χ2n) is 3.76. The molecule has 18 heavy (non-hydrogen) atoms. The molecule has 0 atom stereocenters. The zero-order valence-electron chi connectivity index (χ0n) is 8.95. The molecule has 0 bridgehead atoms. The lowest BCUT2D eigenvalue weighted by Crippen LogP contribution is -1.77. The van der Waals surface area contributed by atoms with E-state index >= 15 is 0 Å². The summed E-state index contributed by atoms with van der Waals surface area (Å²) in [5.41, 5.74) is 1.66. The van der Waals surface area contributed by atoms with E-state index in [2.05, 4.69) is 4.98 Å². The minimum Gasteiger partial charge on any atom is -0.236 e. The van der Waals surface area contributed by atoms with Crippen LogP contribution in [0.5, 0.6) is 0 Å². The summed E-state index contributed by atoms with van der Waals surface area (Å²) in [7, 11) is 0. The van der Waals surface area contributed by atoms with Gasteiger partial charge in [-0.3, -0.25) is 0 Å². The molecule has 0 saturated carbocycles. The topological polar surface area (TPSA) is 12.9 Å². The molecular formula is C13H6Cl2FNS. The van der Waals surface area contributed by atoms with E-state index in [1.807, 2.05) is 6.07 Å². The zero-order valence-corrected chi connectivity index (χ0v) is 11.3. The first-order valence-electron chi connectivity index (χ1n) is 5.15. The number of benzene rings is 2. The van der Waals surface area contributed by atoms with Crippen LogP contribution in [0, 0.1) is 5.82 Å². The van der Waals surface area contributed by atoms with Gasteiger partial charge in [0.25, 0.3) is 0 Å². The second-order valence-corrected chi connectivity index (χ2v) is 5.61. The van der Waals surface area contributed by atoms with Crippen molar-refractivity contribution in [3.63, 3.8) is 0 Å². The van der Waals surface area contributed by atoms with E-state index in [4.69, 9.17) is 23.2 Å². The van der Waals surface area contributed by atoms with Gasteiger partial charge in [0, 0.05) is 5.56 Å². The lowest BCUT2D eigenvalue weighted by molar-refractivity contribution is 0.630. The molecule has 90 valence electrons. The summed E-state index contributed by atoms with van der Waals surface area (Å²) in [5, 5.41) is 1.79. The molecule has 0 unspecified atom stereocenters. The fraction of sp³-hybridized carbons (Fsp3) is 0. The third-order valence-electron chi connectivity index (χ3n) is 2.52. The van der Waals surface area contributed by atoms with Crippen LogP contribution < -0.4 is 0 Å². The van der Waals surface area contributed by atoms with Gasteiger partial charge in [-0.05, 0) is 30.3 Å². The van der Waals surface area contributed by atoms with Gasteiger partial charge < -0.3 is 0 Å². The van der Waals surface area contributed by atoms with Crippen molar-refractivity contribution in [2.45, 2.75) is 0 Å². The summed E-state index contributed by atoms with van der Waals surface area (Å²) >= 11 is 13.3. The predicted molar refractivity (Wildman–Crippen MR) is 75.0 cm³/mol. The Labute approximate surface area is 117 Å². The number of aromatic nitrogens is 1. The monoisotopic (exact) mass is 297 g/mol. The fourth-order valence-electron chi connectivity index (χ4n) is 1.65. The van der Waals surface area contributed by atoms with Crippen LogP contribution in [0.1, 0.15) is 0 Å². The molecule has 0 aliphatic carbocycles. The summed E-state index contributed by atoms with van der Waals surface area (Å²) in [6.07, 6.45) is 0. The van der Waals surface area contributed by atoms with Crippen LogP contribution in [0.2, 0.25) is 10.0 Å². The molecule has 0 amide bonds. The van der Waals surface area contributed by atoms with Gasteiger partial charge >= 0.3 is 0 Å². The normalized spacial score (nSPS) is 11.1. The first kappa shape index (κ1) is 11.9. The van der Waals surface area contributed by atoms with Gasteiger partial charge in [0.15, 0.2) is 0 Å². The third-order valence-corrected chi connectivity index (χ3v) is 4.32. The maximum Gasteiger partial charge on any atom is 0.124 e. The summed E-state index contributed by atoms with van der Waals surface area (Å²) in [4.78, 5) is 4.44. The van der Waals surface area contributed by atoms with E-state index in [9.17, 15) is 4.39 Å². The number of thiazole rings is 1. The van der Waals surface area contributed by atoms with Crippen molar-refractivity contribution in [2.24, 2.45) is 0 Å². The van der Waals surface area contributed by atoms with E-state index < -0.39 is 0 Å². The molecule has 0 aliphatic heterocycles. The predicted octanol–water partition coefficient (Wildman–Crippen LogP) is 5.41. The average molecular weight is 298 g/mol. The lowest BCUT2D eigenvalue weighted by atomic mass is 10.2. The number of halogens is 3. The van der Waals surface area contributed by atoms with Crippen molar-refractivity contribution in [3.05, 3.63) is 52.3 Å². The van der Waals surface area contributed by atoms with Gasteiger partial charge in [-0.15, -0.1) is 11.3 Å². The fourth-order valence-corrected chi connectivity index (χ4v) is 2.94. The molecule has 2 aromatic carbocycles. The van der Waals surface area contributed by atoms with Crippen LogP contribution in [-0.2, 0) is 0 Å². The van der Waals surface area contributed by atoms with Gasteiger partial charge in [-0.1, -0.05) is 29.3 Å². The highest BCUT2D eigenvalue weighted by molar-refractivity contribution is 7.21. The minimum atomic E-state index is -0.258. The molecule has 0 aliphatic rings. The SMILES string of the molecule is Fc1ccc2nc(-c3ccc(Cl)c(Cl)c3)sc2c1. The quantitative estimate of drug-likeness (QED) is 0.585. The maximum absolute atomic E-state index is 13.1. The van der Waals surface area contributed by atoms with Gasteiger partial charge in [-0.25, -0.2) is 9.37 Å². The van der Waals surface area contributed by atoms with Crippen molar-refractivity contribution < 1.29 is 4.39 Å². The Balaban J connectivity index is 2.16. The average Bonchev–Trinajstić information content (AvgIpc) is 2.75. The maximum atomic E-state index is 13.1. The molecule has 1 nitrogen and oxygen atoms in total. The molecule has 0 spiro atoms. The molecule has 5 heteroatoms. The first-order chi connectivity index (χ1) is 8.63. The Bertz CT molecular complexity index is 739. The van der Waals surface area contributed by atoms with E-state index in [-0.39, 0.29) is 5.82 Å². The Kier molecular flexibility index (Phi) is 2.98. The van der Waals surface area contributed by atoms with E-state index in [0.29, 0.717) is 10.0 Å². The van der Waals surface area contributed by atoms with Crippen LogP contribution >= 0.6 is 34.5 Å². The summed E-state index contributed by atoms with van der Waals surface area (Å²) in [5.74, 6) is -0.258. The van der Waals surface area contributed by atoms with Crippen molar-refractivity contribution >= 4 is 44.8 Å². The number of hydrogen-bond donors (Lipinski definition) is 0. The van der Waals surface area contributed by atoms with Crippen LogP contribution in [0.3, 0.4) is 0 Å². The van der Waals surface area contributed by atoms with E-state index in [1.54, 1.807) is 18.2 Å². The number of nitrogens with zero attached hydrogens (tertiary/aromatic N) is 1. The van der Waals surface area contributed by atoms with Crippen molar-refractivity contribution in [3.8, 4) is 10.6 Å². The van der Waals surface area contributed by atoms with Gasteiger partial charge in [0.1, 0.15) is 10.8 Å². The molecule has 3 aromatic rings. The second kappa shape index (κ2) is 4.50. The Hall–Kier alpha value is -1.16. The number of fused-ring (bicyclic) bond motifs is 1. The molecule has 1 heterocycles. The molecule has 0 fully saturated rings. The highest BCUT2D eigenvalue weighted by Gasteiger charge is 2.08. The Morgan fingerprint density at radius 3 is 2.61 bits per heavy atom. The summed E-state index contributed by atoms with van der Waals surface area (Å²) in [6, 6.07) is 9.89. The standard InChI is InChI=1S/C13H6Cl2FNS/c14-9-3-1-7(5-10(9)15)13-17-11-4-2-8(16)6-12(11)18-13/h1-6H. The molecule has 0 saturated heterocycles. The minimum absolute atomic E-state index is 0.258. The molecule has 0 N–H and O–H groups in total. The number of hydrogen-bond acceptors (Lipinski definition) is 2. The van der Waals surface area contributed by atoms with Crippen molar-refractivity contribution in [1.29, 1.82) is 0 Å². The van der Waals surface area contributed by atoms with Crippen LogP contribution in [0.15, 0.2) is 36.4 Å². The highest BCUT2D eigenvalue weighted by Crippen LogP contribution is 2.33. The van der Waals surface area contributed by atoms with Crippen molar-refractivity contribution in [1.82, 2.24) is 4.98 Å². The van der Waals surface area contributed by atoms with Gasteiger partial charge in [-0.2, -0.15) is 0 Å². The van der Waals surface area contributed by atoms with Crippen molar-refractivity contribution in [2.75, 3.05) is 0 Å². The summed E-state index contributed by atoms with van der Waals surface area (Å²) in [6.45, 7) is 0. The zero-order chi connectivity index (χ0) is 12.7. The molecular weight excluding hydrogens is 292 g/mol. The van der Waals surface area contributed by atoms with E-state index in [0.717, 1.165) is 20.8 Å².